The minimum atomic E-state index is -1.48. The van der Waals surface area contributed by atoms with Crippen molar-refractivity contribution in [1.29, 1.82) is 0 Å². The summed E-state index contributed by atoms with van der Waals surface area (Å²) in [6.07, 6.45) is 3.05. The zero-order chi connectivity index (χ0) is 12.8. The molecule has 3 N–H and O–H groups in total. The van der Waals surface area contributed by atoms with Crippen molar-refractivity contribution in [3.63, 3.8) is 0 Å². The number of hydrogen-bond acceptors (Lipinski definition) is 3. The number of nitrogens with zero attached hydrogens (tertiary/aromatic N) is 1. The van der Waals surface area contributed by atoms with Gasteiger partial charge in [0.05, 0.1) is 0 Å². The van der Waals surface area contributed by atoms with Crippen molar-refractivity contribution in [3.05, 3.63) is 53.7 Å². The molecule has 0 saturated carbocycles. The van der Waals surface area contributed by atoms with Crippen molar-refractivity contribution < 1.29 is 14.3 Å². The molecule has 0 atom stereocenters. The first kappa shape index (κ1) is 12.8. The number of hydrogen-bond donors (Lipinski definition) is 2. The Morgan fingerprint density at radius 3 is 2.53 bits per heavy atom. The molecule has 0 saturated heterocycles. The van der Waals surface area contributed by atoms with Crippen LogP contribution in [0.4, 0.5) is 4.39 Å². The van der Waals surface area contributed by atoms with E-state index in [0.29, 0.717) is 0 Å². The first-order valence-corrected chi connectivity index (χ1v) is 4.87. The van der Waals surface area contributed by atoms with Crippen LogP contribution in [0.2, 0.25) is 0 Å². The summed E-state index contributed by atoms with van der Waals surface area (Å²) in [5.41, 5.74) is 5.12. The molecule has 0 aromatic heterocycles. The molecule has 4 nitrogen and oxygen atoms in total. The molecular weight excluding hydrogens is 223 g/mol. The van der Waals surface area contributed by atoms with Crippen molar-refractivity contribution in [2.24, 2.45) is 5.73 Å². The number of rotatable bonds is 4. The van der Waals surface area contributed by atoms with Crippen LogP contribution in [-0.2, 0) is 4.79 Å². The maximum absolute atomic E-state index is 13.4. The van der Waals surface area contributed by atoms with Crippen LogP contribution in [0.15, 0.2) is 48.2 Å². The van der Waals surface area contributed by atoms with E-state index >= 15 is 0 Å². The van der Waals surface area contributed by atoms with Gasteiger partial charge in [0.15, 0.2) is 5.70 Å². The Hall–Kier alpha value is -2.30. The van der Waals surface area contributed by atoms with Gasteiger partial charge in [-0.3, -0.25) is 0 Å². The third-order valence-corrected chi connectivity index (χ3v) is 2.05. The van der Waals surface area contributed by atoms with Crippen molar-refractivity contribution in [2.75, 3.05) is 7.05 Å². The molecule has 0 aliphatic carbocycles. The minimum absolute atomic E-state index is 0.815. The summed E-state index contributed by atoms with van der Waals surface area (Å²) in [7, 11) is 1.38. The van der Waals surface area contributed by atoms with E-state index in [1.54, 1.807) is 6.08 Å². The second kappa shape index (κ2) is 5.69. The Morgan fingerprint density at radius 2 is 2.00 bits per heavy atom. The van der Waals surface area contributed by atoms with Crippen LogP contribution in [0.25, 0.3) is 6.08 Å². The van der Waals surface area contributed by atoms with Crippen LogP contribution in [0.5, 0.6) is 0 Å². The van der Waals surface area contributed by atoms with Crippen LogP contribution in [0.1, 0.15) is 5.56 Å². The maximum atomic E-state index is 13.4. The Balaban J connectivity index is 2.80. The summed E-state index contributed by atoms with van der Waals surface area (Å²) in [5.74, 6) is -2.48. The largest absolute Gasteiger partial charge is 0.476 e. The van der Waals surface area contributed by atoms with Gasteiger partial charge >= 0.3 is 5.97 Å². The van der Waals surface area contributed by atoms with Gasteiger partial charge in [0.1, 0.15) is 0 Å². The van der Waals surface area contributed by atoms with Crippen molar-refractivity contribution in [1.82, 2.24) is 4.90 Å². The summed E-state index contributed by atoms with van der Waals surface area (Å²) >= 11 is 0. The number of carboxylic acids is 1. The standard InChI is InChI=1S/C12H13FN2O2/c1-15(11(13)10(14)12(16)17)8-7-9-5-3-2-4-6-9/h2-8H,14H2,1H3,(H,16,17). The third kappa shape index (κ3) is 3.64. The van der Waals surface area contributed by atoms with Gasteiger partial charge in [0.25, 0.3) is 0 Å². The number of aliphatic carboxylic acids is 1. The summed E-state index contributed by atoms with van der Waals surface area (Å²) in [4.78, 5) is 11.5. The lowest BCUT2D eigenvalue weighted by atomic mass is 10.2. The lowest BCUT2D eigenvalue weighted by molar-refractivity contribution is -0.133. The Labute approximate surface area is 98.5 Å². The molecular formula is C12H13FN2O2. The van der Waals surface area contributed by atoms with Gasteiger partial charge < -0.3 is 15.7 Å². The maximum Gasteiger partial charge on any atom is 0.356 e. The second-order valence-electron chi connectivity index (χ2n) is 3.35. The highest BCUT2D eigenvalue weighted by Gasteiger charge is 2.12. The summed E-state index contributed by atoms with van der Waals surface area (Å²) in [6.45, 7) is 0. The zero-order valence-corrected chi connectivity index (χ0v) is 9.30. The van der Waals surface area contributed by atoms with Crippen molar-refractivity contribution >= 4 is 12.0 Å². The minimum Gasteiger partial charge on any atom is -0.476 e. The molecule has 0 heterocycles. The van der Waals surface area contributed by atoms with Crippen LogP contribution in [-0.4, -0.2) is 23.0 Å². The van der Waals surface area contributed by atoms with Gasteiger partial charge in [-0.25, -0.2) is 4.79 Å². The van der Waals surface area contributed by atoms with Crippen LogP contribution in [0, 0.1) is 0 Å². The highest BCUT2D eigenvalue weighted by molar-refractivity contribution is 5.85. The quantitative estimate of drug-likeness (QED) is 0.617. The molecule has 90 valence electrons. The first-order chi connectivity index (χ1) is 8.02. The number of benzene rings is 1. The predicted octanol–water partition coefficient (Wildman–Crippen LogP) is 1.77. The van der Waals surface area contributed by atoms with E-state index in [0.717, 1.165) is 10.5 Å². The highest BCUT2D eigenvalue weighted by Crippen LogP contribution is 2.09. The molecule has 1 aromatic carbocycles. The SMILES string of the molecule is CN(C=Cc1ccccc1)C(F)=C(N)C(=O)O. The molecule has 0 fully saturated rings. The molecule has 5 heteroatoms. The third-order valence-electron chi connectivity index (χ3n) is 2.05. The van der Waals surface area contributed by atoms with E-state index in [9.17, 15) is 9.18 Å². The fraction of sp³-hybridized carbons (Fsp3) is 0.0833. The van der Waals surface area contributed by atoms with E-state index in [1.807, 2.05) is 30.3 Å². The number of nitrogens with two attached hydrogens (primary N) is 1. The Bertz CT molecular complexity index is 455. The Morgan fingerprint density at radius 1 is 1.41 bits per heavy atom. The lowest BCUT2D eigenvalue weighted by Gasteiger charge is -2.11. The normalized spacial score (nSPS) is 12.4. The molecule has 1 aromatic rings. The average Bonchev–Trinajstić information content (AvgIpc) is 2.35. The fourth-order valence-corrected chi connectivity index (χ4v) is 1.11. The fourth-order valence-electron chi connectivity index (χ4n) is 1.11. The molecule has 0 spiro atoms. The zero-order valence-electron chi connectivity index (χ0n) is 9.30. The van der Waals surface area contributed by atoms with Crippen LogP contribution in [0.3, 0.4) is 0 Å². The summed E-state index contributed by atoms with van der Waals surface area (Å²) in [5, 5.41) is 8.51. The number of halogens is 1. The van der Waals surface area contributed by atoms with Gasteiger partial charge in [0.2, 0.25) is 5.95 Å². The molecule has 0 unspecified atom stereocenters. The topological polar surface area (TPSA) is 66.6 Å². The van der Waals surface area contributed by atoms with Crippen LogP contribution < -0.4 is 5.73 Å². The molecule has 0 radical (unpaired) electrons. The van der Waals surface area contributed by atoms with Gasteiger partial charge in [-0.05, 0) is 11.6 Å². The van der Waals surface area contributed by atoms with Gasteiger partial charge in [-0.15, -0.1) is 0 Å². The van der Waals surface area contributed by atoms with E-state index in [4.69, 9.17) is 10.8 Å². The monoisotopic (exact) mass is 236 g/mol. The van der Waals surface area contributed by atoms with Crippen LogP contribution >= 0.6 is 0 Å². The first-order valence-electron chi connectivity index (χ1n) is 4.87. The van der Waals surface area contributed by atoms with Gasteiger partial charge in [-0.1, -0.05) is 30.3 Å². The van der Waals surface area contributed by atoms with Crippen molar-refractivity contribution in [3.8, 4) is 0 Å². The molecule has 0 aliphatic rings. The molecule has 0 bridgehead atoms. The highest BCUT2D eigenvalue weighted by atomic mass is 19.1. The molecule has 17 heavy (non-hydrogen) atoms. The second-order valence-corrected chi connectivity index (χ2v) is 3.35. The van der Waals surface area contributed by atoms with E-state index in [2.05, 4.69) is 0 Å². The van der Waals surface area contributed by atoms with E-state index < -0.39 is 17.6 Å². The smallest absolute Gasteiger partial charge is 0.356 e. The molecule has 1 rings (SSSR count). The van der Waals surface area contributed by atoms with E-state index in [1.165, 1.54) is 13.2 Å². The van der Waals surface area contributed by atoms with Gasteiger partial charge in [-0.2, -0.15) is 4.39 Å². The molecule has 0 aliphatic heterocycles. The lowest BCUT2D eigenvalue weighted by Crippen LogP contribution is -2.19. The van der Waals surface area contributed by atoms with E-state index in [-0.39, 0.29) is 0 Å². The number of carbonyl (C=O) groups is 1. The summed E-state index contributed by atoms with van der Waals surface area (Å²) < 4.78 is 13.4. The average molecular weight is 236 g/mol. The number of carboxylic acid groups (broad SMARTS) is 1. The van der Waals surface area contributed by atoms with Crippen molar-refractivity contribution in [2.45, 2.75) is 0 Å². The predicted molar refractivity (Wildman–Crippen MR) is 63.2 cm³/mol. The Kier molecular flexibility index (Phi) is 4.28. The molecule has 0 amide bonds. The van der Waals surface area contributed by atoms with Gasteiger partial charge in [0, 0.05) is 13.2 Å². The summed E-state index contributed by atoms with van der Waals surface area (Å²) in [6, 6.07) is 9.23.